The van der Waals surface area contributed by atoms with Gasteiger partial charge < -0.3 is 4.52 Å². The fourth-order valence-electron chi connectivity index (χ4n) is 1.70. The fraction of sp³-hybridized carbons (Fsp3) is 0.300. The van der Waals surface area contributed by atoms with Gasteiger partial charge in [-0.25, -0.2) is 26.7 Å². The molecular weight excluding hydrogens is 338 g/mol. The molecule has 116 valence electrons. The van der Waals surface area contributed by atoms with Crippen LogP contribution in [0.2, 0.25) is 0 Å². The Hall–Kier alpha value is -1.27. The zero-order chi connectivity index (χ0) is 15.8. The lowest BCUT2D eigenvalue weighted by Gasteiger charge is -2.04. The Balaban J connectivity index is 2.18. The van der Waals surface area contributed by atoms with Crippen LogP contribution in [0.5, 0.6) is 0 Å². The summed E-state index contributed by atoms with van der Waals surface area (Å²) in [4.78, 5) is 0.514. The number of aromatic nitrogens is 1. The van der Waals surface area contributed by atoms with Gasteiger partial charge in [0, 0.05) is 11.4 Å². The van der Waals surface area contributed by atoms with Crippen LogP contribution in [-0.4, -0.2) is 22.0 Å². The Morgan fingerprint density at radius 3 is 2.43 bits per heavy atom. The highest BCUT2D eigenvalue weighted by atomic mass is 32.2. The molecule has 0 aliphatic heterocycles. The van der Waals surface area contributed by atoms with Crippen molar-refractivity contribution < 1.29 is 21.4 Å². The SMILES string of the molecule is Cc1noc(C)c1S(=O)(=O)NCc1ccc(S(N)(=O)=O)s1. The van der Waals surface area contributed by atoms with Crippen molar-refractivity contribution in [2.45, 2.75) is 29.5 Å². The molecule has 0 aliphatic carbocycles. The van der Waals surface area contributed by atoms with E-state index in [4.69, 9.17) is 9.66 Å². The van der Waals surface area contributed by atoms with Gasteiger partial charge in [0.2, 0.25) is 20.0 Å². The normalized spacial score (nSPS) is 12.7. The van der Waals surface area contributed by atoms with Crippen LogP contribution in [0.4, 0.5) is 0 Å². The first-order chi connectivity index (χ1) is 9.61. The van der Waals surface area contributed by atoms with E-state index in [0.29, 0.717) is 4.88 Å². The fourth-order valence-corrected chi connectivity index (χ4v) is 4.84. The molecule has 0 bridgehead atoms. The first-order valence-corrected chi connectivity index (χ1v) is 9.50. The summed E-state index contributed by atoms with van der Waals surface area (Å²) in [6.07, 6.45) is 0. The van der Waals surface area contributed by atoms with Crippen molar-refractivity contribution in [2.75, 3.05) is 0 Å². The van der Waals surface area contributed by atoms with Crippen molar-refractivity contribution in [1.82, 2.24) is 9.88 Å². The molecule has 0 saturated carbocycles. The van der Waals surface area contributed by atoms with E-state index in [9.17, 15) is 16.8 Å². The number of sulfonamides is 2. The third kappa shape index (κ3) is 3.49. The van der Waals surface area contributed by atoms with Crippen molar-refractivity contribution in [3.05, 3.63) is 28.5 Å². The Kier molecular flexibility index (Phi) is 4.22. The first-order valence-electron chi connectivity index (χ1n) is 5.65. The summed E-state index contributed by atoms with van der Waals surface area (Å²) in [7, 11) is -7.56. The van der Waals surface area contributed by atoms with Crippen molar-refractivity contribution in [3.8, 4) is 0 Å². The van der Waals surface area contributed by atoms with Crippen LogP contribution in [0, 0.1) is 13.8 Å². The maximum Gasteiger partial charge on any atom is 0.247 e. The zero-order valence-corrected chi connectivity index (χ0v) is 13.6. The Morgan fingerprint density at radius 2 is 1.95 bits per heavy atom. The van der Waals surface area contributed by atoms with Crippen LogP contribution in [0.3, 0.4) is 0 Å². The summed E-state index contributed by atoms with van der Waals surface area (Å²) in [6.45, 7) is 2.97. The Morgan fingerprint density at radius 1 is 1.29 bits per heavy atom. The molecule has 11 heteroatoms. The van der Waals surface area contributed by atoms with Gasteiger partial charge in [-0.2, -0.15) is 0 Å². The van der Waals surface area contributed by atoms with Crippen LogP contribution in [0.1, 0.15) is 16.3 Å². The number of aryl methyl sites for hydroxylation is 2. The van der Waals surface area contributed by atoms with Crippen molar-refractivity contribution in [1.29, 1.82) is 0 Å². The molecule has 0 aliphatic rings. The van der Waals surface area contributed by atoms with E-state index in [0.717, 1.165) is 11.3 Å². The molecule has 0 spiro atoms. The highest BCUT2D eigenvalue weighted by Gasteiger charge is 2.24. The lowest BCUT2D eigenvalue weighted by atomic mass is 10.4. The quantitative estimate of drug-likeness (QED) is 0.805. The molecule has 0 atom stereocenters. The smallest absolute Gasteiger partial charge is 0.247 e. The van der Waals surface area contributed by atoms with Gasteiger partial charge in [-0.3, -0.25) is 0 Å². The molecule has 0 unspecified atom stereocenters. The molecule has 0 amide bonds. The van der Waals surface area contributed by atoms with E-state index in [-0.39, 0.29) is 27.1 Å². The summed E-state index contributed by atoms with van der Waals surface area (Å²) < 4.78 is 53.8. The van der Waals surface area contributed by atoms with Crippen molar-refractivity contribution in [2.24, 2.45) is 5.14 Å². The Bertz CT molecular complexity index is 844. The first kappa shape index (κ1) is 16.1. The van der Waals surface area contributed by atoms with Gasteiger partial charge >= 0.3 is 0 Å². The van der Waals surface area contributed by atoms with E-state index < -0.39 is 20.0 Å². The lowest BCUT2D eigenvalue weighted by molar-refractivity contribution is 0.390. The highest BCUT2D eigenvalue weighted by Crippen LogP contribution is 2.22. The van der Waals surface area contributed by atoms with Crippen molar-refractivity contribution in [3.63, 3.8) is 0 Å². The second-order valence-electron chi connectivity index (χ2n) is 4.24. The average Bonchev–Trinajstić information content (AvgIpc) is 2.93. The van der Waals surface area contributed by atoms with E-state index in [1.54, 1.807) is 0 Å². The van der Waals surface area contributed by atoms with Crippen molar-refractivity contribution >= 4 is 31.4 Å². The number of thiophene rings is 1. The molecule has 2 rings (SSSR count). The van der Waals surface area contributed by atoms with Gasteiger partial charge in [-0.15, -0.1) is 11.3 Å². The van der Waals surface area contributed by atoms with Crippen LogP contribution in [-0.2, 0) is 26.6 Å². The topological polar surface area (TPSA) is 132 Å². The van der Waals surface area contributed by atoms with Gasteiger partial charge in [0.25, 0.3) is 0 Å². The van der Waals surface area contributed by atoms with Gasteiger partial charge in [0.05, 0.1) is 0 Å². The second-order valence-corrected chi connectivity index (χ2v) is 8.90. The number of hydrogen-bond donors (Lipinski definition) is 2. The third-order valence-corrected chi connectivity index (χ3v) is 6.76. The number of nitrogens with one attached hydrogen (secondary N) is 1. The minimum atomic E-state index is -3.78. The summed E-state index contributed by atoms with van der Waals surface area (Å²) in [5.41, 5.74) is 0.261. The van der Waals surface area contributed by atoms with Crippen LogP contribution in [0.25, 0.3) is 0 Å². The molecule has 3 N–H and O–H groups in total. The van der Waals surface area contributed by atoms with E-state index in [1.165, 1.54) is 26.0 Å². The standard InChI is InChI=1S/C10H13N3O5S3/c1-6-10(7(2)18-13-6)21(16,17)12-5-8-3-4-9(19-8)20(11,14)15/h3-4,12H,5H2,1-2H3,(H2,11,14,15). The monoisotopic (exact) mass is 351 g/mol. The maximum atomic E-state index is 12.2. The number of primary sulfonamides is 1. The summed E-state index contributed by atoms with van der Waals surface area (Å²) in [5.74, 6) is 0.191. The number of nitrogens with zero attached hydrogens (tertiary/aromatic N) is 1. The molecule has 0 saturated heterocycles. The molecule has 0 fully saturated rings. The van der Waals surface area contributed by atoms with Gasteiger partial charge in [-0.1, -0.05) is 5.16 Å². The van der Waals surface area contributed by atoms with E-state index in [1.807, 2.05) is 0 Å². The maximum absolute atomic E-state index is 12.2. The average molecular weight is 351 g/mol. The van der Waals surface area contributed by atoms with Crippen LogP contribution >= 0.6 is 11.3 Å². The summed E-state index contributed by atoms with van der Waals surface area (Å²) in [6, 6.07) is 2.83. The predicted octanol–water partition coefficient (Wildman–Crippen LogP) is 0.479. The number of nitrogens with two attached hydrogens (primary N) is 1. The van der Waals surface area contributed by atoms with E-state index >= 15 is 0 Å². The van der Waals surface area contributed by atoms with Gasteiger partial charge in [0.15, 0.2) is 5.76 Å². The van der Waals surface area contributed by atoms with Gasteiger partial charge in [-0.05, 0) is 26.0 Å². The molecule has 0 aromatic carbocycles. The molecule has 2 aromatic rings. The molecule has 2 heterocycles. The van der Waals surface area contributed by atoms with Crippen LogP contribution < -0.4 is 9.86 Å². The summed E-state index contributed by atoms with van der Waals surface area (Å²) >= 11 is 0.907. The summed E-state index contributed by atoms with van der Waals surface area (Å²) in [5, 5.41) is 8.58. The largest absolute Gasteiger partial charge is 0.360 e. The number of hydrogen-bond acceptors (Lipinski definition) is 7. The zero-order valence-electron chi connectivity index (χ0n) is 11.2. The molecule has 2 aromatic heterocycles. The predicted molar refractivity (Wildman–Crippen MR) is 75.7 cm³/mol. The molecule has 0 radical (unpaired) electrons. The minimum Gasteiger partial charge on any atom is -0.360 e. The van der Waals surface area contributed by atoms with Crippen LogP contribution in [0.15, 0.2) is 25.8 Å². The minimum absolute atomic E-state index is 0.00859. The third-order valence-electron chi connectivity index (χ3n) is 2.59. The van der Waals surface area contributed by atoms with Gasteiger partial charge in [0.1, 0.15) is 14.8 Å². The second kappa shape index (κ2) is 5.50. The molecular formula is C10H13N3O5S3. The lowest BCUT2D eigenvalue weighted by Crippen LogP contribution is -2.23. The number of rotatable bonds is 5. The highest BCUT2D eigenvalue weighted by molar-refractivity contribution is 7.91. The molecule has 21 heavy (non-hydrogen) atoms. The Labute approximate surface area is 126 Å². The van der Waals surface area contributed by atoms with E-state index in [2.05, 4.69) is 9.88 Å². The molecule has 8 nitrogen and oxygen atoms in total.